The standard InChI is InChI=1S/C26H32N2O4S2/c1-21-10-12-24(13-11-21)34(30,31)28(15-7-16-32-3)20-26(29)27(18-23-8-5-4-6-9-23)19-25-22(2)14-17-33-25/h4-6,8-14,17H,7,15-16,18-20H2,1-3H3. The van der Waals surface area contributed by atoms with E-state index in [1.54, 1.807) is 47.6 Å². The van der Waals surface area contributed by atoms with E-state index in [1.165, 1.54) is 4.31 Å². The summed E-state index contributed by atoms with van der Waals surface area (Å²) >= 11 is 1.60. The van der Waals surface area contributed by atoms with Gasteiger partial charge >= 0.3 is 0 Å². The highest BCUT2D eigenvalue weighted by molar-refractivity contribution is 7.89. The lowest BCUT2D eigenvalue weighted by molar-refractivity contribution is -0.132. The highest BCUT2D eigenvalue weighted by Crippen LogP contribution is 2.21. The molecule has 0 aliphatic heterocycles. The number of hydrogen-bond donors (Lipinski definition) is 0. The van der Waals surface area contributed by atoms with E-state index in [9.17, 15) is 13.2 Å². The van der Waals surface area contributed by atoms with E-state index in [1.807, 2.05) is 55.6 Å². The maximum absolute atomic E-state index is 13.6. The minimum absolute atomic E-state index is 0.187. The van der Waals surface area contributed by atoms with E-state index < -0.39 is 10.0 Å². The van der Waals surface area contributed by atoms with Crippen LogP contribution in [-0.4, -0.2) is 50.3 Å². The van der Waals surface area contributed by atoms with Gasteiger partial charge in [-0.15, -0.1) is 11.3 Å². The summed E-state index contributed by atoms with van der Waals surface area (Å²) in [6.07, 6.45) is 0.498. The Kier molecular flexibility index (Phi) is 9.41. The molecule has 1 aromatic heterocycles. The molecule has 0 fully saturated rings. The molecular formula is C26H32N2O4S2. The van der Waals surface area contributed by atoms with Crippen molar-refractivity contribution in [1.29, 1.82) is 0 Å². The van der Waals surface area contributed by atoms with Gasteiger partial charge in [-0.2, -0.15) is 4.31 Å². The number of thiophene rings is 1. The smallest absolute Gasteiger partial charge is 0.243 e. The number of ether oxygens (including phenoxy) is 1. The van der Waals surface area contributed by atoms with Gasteiger partial charge in [0.2, 0.25) is 15.9 Å². The third kappa shape index (κ3) is 6.99. The third-order valence-electron chi connectivity index (χ3n) is 5.60. The summed E-state index contributed by atoms with van der Waals surface area (Å²) in [5, 5.41) is 2.01. The van der Waals surface area contributed by atoms with E-state index in [2.05, 4.69) is 0 Å². The number of carbonyl (C=O) groups excluding carboxylic acids is 1. The molecule has 1 heterocycles. The summed E-state index contributed by atoms with van der Waals surface area (Å²) in [7, 11) is -2.26. The molecule has 3 rings (SSSR count). The van der Waals surface area contributed by atoms with Crippen molar-refractivity contribution < 1.29 is 17.9 Å². The quantitative estimate of drug-likeness (QED) is 0.340. The van der Waals surface area contributed by atoms with Crippen molar-refractivity contribution in [3.63, 3.8) is 0 Å². The van der Waals surface area contributed by atoms with E-state index >= 15 is 0 Å². The van der Waals surface area contributed by atoms with Gasteiger partial charge in [0.15, 0.2) is 0 Å². The molecule has 3 aromatic rings. The third-order valence-corrected chi connectivity index (χ3v) is 8.47. The molecule has 0 atom stereocenters. The first-order valence-electron chi connectivity index (χ1n) is 11.2. The van der Waals surface area contributed by atoms with Crippen molar-refractivity contribution in [3.05, 3.63) is 87.6 Å². The Morgan fingerprint density at radius 3 is 2.29 bits per heavy atom. The molecule has 0 aliphatic carbocycles. The molecular weight excluding hydrogens is 468 g/mol. The zero-order valence-electron chi connectivity index (χ0n) is 19.9. The highest BCUT2D eigenvalue weighted by atomic mass is 32.2. The van der Waals surface area contributed by atoms with Crippen LogP contribution in [0.4, 0.5) is 0 Å². The second-order valence-electron chi connectivity index (χ2n) is 8.26. The fourth-order valence-corrected chi connectivity index (χ4v) is 5.90. The molecule has 0 bridgehead atoms. The first-order valence-corrected chi connectivity index (χ1v) is 13.5. The average Bonchev–Trinajstić information content (AvgIpc) is 3.23. The Hall–Kier alpha value is -2.52. The van der Waals surface area contributed by atoms with E-state index in [-0.39, 0.29) is 23.9 Å². The van der Waals surface area contributed by atoms with Crippen LogP contribution in [0.5, 0.6) is 0 Å². The lowest BCUT2D eigenvalue weighted by atomic mass is 10.2. The largest absolute Gasteiger partial charge is 0.385 e. The van der Waals surface area contributed by atoms with Crippen LogP contribution in [0.3, 0.4) is 0 Å². The highest BCUT2D eigenvalue weighted by Gasteiger charge is 2.28. The maximum Gasteiger partial charge on any atom is 0.243 e. The second kappa shape index (κ2) is 12.3. The fraction of sp³-hybridized carbons (Fsp3) is 0.346. The lowest BCUT2D eigenvalue weighted by Gasteiger charge is -2.27. The predicted octanol–water partition coefficient (Wildman–Crippen LogP) is 4.62. The van der Waals surface area contributed by atoms with Crippen LogP contribution < -0.4 is 0 Å². The van der Waals surface area contributed by atoms with Gasteiger partial charge in [0, 0.05) is 31.7 Å². The number of hydrogen-bond acceptors (Lipinski definition) is 5. The zero-order valence-corrected chi connectivity index (χ0v) is 21.6. The Morgan fingerprint density at radius 1 is 0.971 bits per heavy atom. The molecule has 0 radical (unpaired) electrons. The molecule has 0 spiro atoms. The molecule has 182 valence electrons. The van der Waals surface area contributed by atoms with Gasteiger partial charge in [-0.25, -0.2) is 8.42 Å². The Labute approximate surface area is 206 Å². The summed E-state index contributed by atoms with van der Waals surface area (Å²) in [5.41, 5.74) is 3.10. The average molecular weight is 501 g/mol. The van der Waals surface area contributed by atoms with Gasteiger partial charge in [0.25, 0.3) is 0 Å². The van der Waals surface area contributed by atoms with Gasteiger partial charge in [-0.3, -0.25) is 4.79 Å². The molecule has 34 heavy (non-hydrogen) atoms. The molecule has 8 heteroatoms. The van der Waals surface area contributed by atoms with Crippen LogP contribution in [0.1, 0.15) is 28.0 Å². The molecule has 2 aromatic carbocycles. The number of amides is 1. The summed E-state index contributed by atoms with van der Waals surface area (Å²) in [6, 6.07) is 18.5. The molecule has 0 unspecified atom stereocenters. The second-order valence-corrected chi connectivity index (χ2v) is 11.2. The van der Waals surface area contributed by atoms with Crippen molar-refractivity contribution in [2.75, 3.05) is 26.8 Å². The predicted molar refractivity (Wildman–Crippen MR) is 136 cm³/mol. The maximum atomic E-state index is 13.6. The minimum Gasteiger partial charge on any atom is -0.385 e. The Bertz CT molecular complexity index is 1160. The van der Waals surface area contributed by atoms with Crippen LogP contribution in [0.15, 0.2) is 70.9 Å². The lowest BCUT2D eigenvalue weighted by Crippen LogP contribution is -2.43. The van der Waals surface area contributed by atoms with Crippen LogP contribution in [0.2, 0.25) is 0 Å². The van der Waals surface area contributed by atoms with E-state index in [0.717, 1.165) is 21.6 Å². The Balaban J connectivity index is 1.86. The number of rotatable bonds is 12. The van der Waals surface area contributed by atoms with Crippen molar-refractivity contribution in [2.45, 2.75) is 38.3 Å². The van der Waals surface area contributed by atoms with Crippen molar-refractivity contribution >= 4 is 27.3 Å². The topological polar surface area (TPSA) is 66.9 Å². The molecule has 0 saturated carbocycles. The van der Waals surface area contributed by atoms with E-state index in [4.69, 9.17) is 4.74 Å². The molecule has 0 N–H and O–H groups in total. The fourth-order valence-electron chi connectivity index (χ4n) is 3.56. The van der Waals surface area contributed by atoms with Crippen molar-refractivity contribution in [3.8, 4) is 0 Å². The van der Waals surface area contributed by atoms with Gasteiger partial charge in [0.1, 0.15) is 0 Å². The summed E-state index contributed by atoms with van der Waals surface area (Å²) < 4.78 is 33.3. The summed E-state index contributed by atoms with van der Waals surface area (Å²) in [5.74, 6) is -0.232. The van der Waals surface area contributed by atoms with Crippen molar-refractivity contribution in [2.24, 2.45) is 0 Å². The molecule has 6 nitrogen and oxygen atoms in total. The van der Waals surface area contributed by atoms with Gasteiger partial charge in [0.05, 0.1) is 18.0 Å². The van der Waals surface area contributed by atoms with Crippen LogP contribution in [-0.2, 0) is 32.6 Å². The summed E-state index contributed by atoms with van der Waals surface area (Å²) in [6.45, 7) is 5.17. The number of methoxy groups -OCH3 is 1. The minimum atomic E-state index is -3.84. The monoisotopic (exact) mass is 500 g/mol. The zero-order chi connectivity index (χ0) is 24.6. The van der Waals surface area contributed by atoms with Gasteiger partial charge in [-0.1, -0.05) is 48.0 Å². The van der Waals surface area contributed by atoms with Crippen LogP contribution in [0, 0.1) is 13.8 Å². The Morgan fingerprint density at radius 2 is 1.68 bits per heavy atom. The van der Waals surface area contributed by atoms with Gasteiger partial charge < -0.3 is 9.64 Å². The number of benzene rings is 2. The van der Waals surface area contributed by atoms with Crippen LogP contribution >= 0.6 is 11.3 Å². The first-order chi connectivity index (χ1) is 16.3. The van der Waals surface area contributed by atoms with E-state index in [0.29, 0.717) is 26.1 Å². The van der Waals surface area contributed by atoms with Crippen molar-refractivity contribution in [1.82, 2.24) is 9.21 Å². The number of nitrogens with zero attached hydrogens (tertiary/aromatic N) is 2. The number of aryl methyl sites for hydroxylation is 2. The first kappa shape index (κ1) is 26.1. The number of sulfonamides is 1. The van der Waals surface area contributed by atoms with Crippen LogP contribution in [0.25, 0.3) is 0 Å². The molecule has 0 saturated heterocycles. The number of carbonyl (C=O) groups is 1. The molecule has 0 aliphatic rings. The van der Waals surface area contributed by atoms with Gasteiger partial charge in [-0.05, 0) is 55.0 Å². The summed E-state index contributed by atoms with van der Waals surface area (Å²) in [4.78, 5) is 16.6. The normalized spacial score (nSPS) is 11.6. The SMILES string of the molecule is COCCCN(CC(=O)N(Cc1ccccc1)Cc1sccc1C)S(=O)(=O)c1ccc(C)cc1. The molecule has 1 amide bonds.